The van der Waals surface area contributed by atoms with Crippen LogP contribution in [0.3, 0.4) is 0 Å². The maximum atomic E-state index is 12.3. The quantitative estimate of drug-likeness (QED) is 0.842. The molecule has 0 bridgehead atoms. The molecule has 1 aliphatic heterocycles. The van der Waals surface area contributed by atoms with E-state index in [9.17, 15) is 4.79 Å². The Bertz CT molecular complexity index is 591. The van der Waals surface area contributed by atoms with Crippen LogP contribution in [-0.2, 0) is 13.1 Å². The van der Waals surface area contributed by atoms with Crippen molar-refractivity contribution in [3.8, 4) is 0 Å². The summed E-state index contributed by atoms with van der Waals surface area (Å²) in [7, 11) is 1.76. The number of carbonyl (C=O) groups excluding carboxylic acids is 1. The number of carbonyl (C=O) groups is 1. The normalized spacial score (nSPS) is 14.1. The summed E-state index contributed by atoms with van der Waals surface area (Å²) in [5.74, 6) is 1.44. The lowest BCUT2D eigenvalue weighted by Crippen LogP contribution is -2.38. The lowest BCUT2D eigenvalue weighted by Gasteiger charge is -2.27. The fraction of sp³-hybridized carbons (Fsp3) is 0.333. The highest BCUT2D eigenvalue weighted by Crippen LogP contribution is 2.13. The molecule has 0 spiro atoms. The van der Waals surface area contributed by atoms with E-state index in [4.69, 9.17) is 0 Å². The lowest BCUT2D eigenvalue weighted by atomic mass is 10.3. The molecular formula is C12H14N6O. The van der Waals surface area contributed by atoms with Gasteiger partial charge in [-0.1, -0.05) is 0 Å². The second-order valence-electron chi connectivity index (χ2n) is 4.32. The maximum Gasteiger partial charge on any atom is 0.274 e. The second-order valence-corrected chi connectivity index (χ2v) is 4.32. The smallest absolute Gasteiger partial charge is 0.274 e. The Morgan fingerprint density at radius 2 is 2.21 bits per heavy atom. The summed E-state index contributed by atoms with van der Waals surface area (Å²) in [5, 5.41) is 10.7. The van der Waals surface area contributed by atoms with E-state index in [0.29, 0.717) is 24.6 Å². The summed E-state index contributed by atoms with van der Waals surface area (Å²) in [6.07, 6.45) is 3.68. The molecule has 1 N–H and O–H groups in total. The van der Waals surface area contributed by atoms with Gasteiger partial charge in [-0.15, -0.1) is 10.2 Å². The highest BCUT2D eigenvalue weighted by Gasteiger charge is 2.23. The second kappa shape index (κ2) is 4.68. The first-order chi connectivity index (χ1) is 9.28. The van der Waals surface area contributed by atoms with Gasteiger partial charge < -0.3 is 14.8 Å². The Morgan fingerprint density at radius 3 is 2.95 bits per heavy atom. The molecule has 1 aliphatic rings. The first kappa shape index (κ1) is 11.6. The molecule has 0 unspecified atom stereocenters. The number of amides is 1. The zero-order chi connectivity index (χ0) is 13.2. The molecule has 7 heteroatoms. The van der Waals surface area contributed by atoms with Gasteiger partial charge in [0.1, 0.15) is 11.6 Å². The third-order valence-corrected chi connectivity index (χ3v) is 3.17. The van der Waals surface area contributed by atoms with Crippen LogP contribution in [0, 0.1) is 0 Å². The van der Waals surface area contributed by atoms with Crippen molar-refractivity contribution < 1.29 is 4.79 Å². The third kappa shape index (κ3) is 2.14. The lowest BCUT2D eigenvalue weighted by molar-refractivity contribution is 0.0700. The first-order valence-electron chi connectivity index (χ1n) is 6.08. The van der Waals surface area contributed by atoms with E-state index in [1.807, 2.05) is 6.20 Å². The molecule has 0 saturated heterocycles. The average molecular weight is 258 g/mol. The zero-order valence-electron chi connectivity index (χ0n) is 10.6. The zero-order valence-corrected chi connectivity index (χ0v) is 10.6. The van der Waals surface area contributed by atoms with Gasteiger partial charge in [-0.3, -0.25) is 4.79 Å². The molecule has 7 nitrogen and oxygen atoms in total. The molecule has 1 amide bonds. The van der Waals surface area contributed by atoms with Gasteiger partial charge in [-0.25, -0.2) is 4.98 Å². The fourth-order valence-corrected chi connectivity index (χ4v) is 2.09. The van der Waals surface area contributed by atoms with Gasteiger partial charge >= 0.3 is 0 Å². The third-order valence-electron chi connectivity index (χ3n) is 3.17. The Balaban J connectivity index is 1.77. The van der Waals surface area contributed by atoms with Crippen LogP contribution in [-0.4, -0.2) is 44.1 Å². The van der Waals surface area contributed by atoms with Crippen LogP contribution >= 0.6 is 0 Å². The molecule has 2 aromatic rings. The van der Waals surface area contributed by atoms with E-state index in [1.165, 1.54) is 0 Å². The molecule has 3 heterocycles. The van der Waals surface area contributed by atoms with E-state index in [1.54, 1.807) is 30.3 Å². The summed E-state index contributed by atoms with van der Waals surface area (Å²) in [6.45, 7) is 1.95. The standard InChI is InChI=1S/C12H14N6O/c1-13-10-3-2-9(15-16-10)12(19)18-7-6-17-5-4-14-11(17)8-18/h2-5H,6-8H2,1H3,(H,13,16). The molecule has 0 saturated carbocycles. The van der Waals surface area contributed by atoms with Gasteiger partial charge in [-0.2, -0.15) is 0 Å². The van der Waals surface area contributed by atoms with Gasteiger partial charge in [0.05, 0.1) is 6.54 Å². The largest absolute Gasteiger partial charge is 0.372 e. The van der Waals surface area contributed by atoms with Gasteiger partial charge in [-0.05, 0) is 12.1 Å². The predicted molar refractivity (Wildman–Crippen MR) is 68.5 cm³/mol. The maximum absolute atomic E-state index is 12.3. The van der Waals surface area contributed by atoms with Crippen LogP contribution in [0.15, 0.2) is 24.5 Å². The number of aromatic nitrogens is 4. The molecule has 19 heavy (non-hydrogen) atoms. The Kier molecular flexibility index (Phi) is 2.86. The molecule has 0 atom stereocenters. The molecule has 0 fully saturated rings. The summed E-state index contributed by atoms with van der Waals surface area (Å²) in [4.78, 5) is 18.3. The molecule has 0 aromatic carbocycles. The van der Waals surface area contributed by atoms with Crippen LogP contribution < -0.4 is 5.32 Å². The van der Waals surface area contributed by atoms with Crippen molar-refractivity contribution in [2.45, 2.75) is 13.1 Å². The van der Waals surface area contributed by atoms with E-state index in [0.717, 1.165) is 12.4 Å². The van der Waals surface area contributed by atoms with E-state index < -0.39 is 0 Å². The number of imidazole rings is 1. The van der Waals surface area contributed by atoms with E-state index >= 15 is 0 Å². The summed E-state index contributed by atoms with van der Waals surface area (Å²) >= 11 is 0. The van der Waals surface area contributed by atoms with Crippen LogP contribution in [0.1, 0.15) is 16.3 Å². The summed E-state index contributed by atoms with van der Waals surface area (Å²) in [6, 6.07) is 3.42. The summed E-state index contributed by atoms with van der Waals surface area (Å²) in [5.41, 5.74) is 0.360. The number of anilines is 1. The minimum absolute atomic E-state index is 0.107. The number of nitrogens with zero attached hydrogens (tertiary/aromatic N) is 5. The van der Waals surface area contributed by atoms with Crippen LogP contribution in [0.4, 0.5) is 5.82 Å². The fourth-order valence-electron chi connectivity index (χ4n) is 2.09. The van der Waals surface area contributed by atoms with Crippen molar-refractivity contribution in [3.05, 3.63) is 36.0 Å². The molecule has 0 radical (unpaired) electrons. The highest BCUT2D eigenvalue weighted by molar-refractivity contribution is 5.92. The predicted octanol–water partition coefficient (Wildman–Crippen LogP) is 0.371. The number of fused-ring (bicyclic) bond motifs is 1. The van der Waals surface area contributed by atoms with Crippen molar-refractivity contribution in [2.24, 2.45) is 0 Å². The molecule has 0 aliphatic carbocycles. The van der Waals surface area contributed by atoms with Gasteiger partial charge in [0.15, 0.2) is 5.69 Å². The van der Waals surface area contributed by atoms with Crippen molar-refractivity contribution >= 4 is 11.7 Å². The monoisotopic (exact) mass is 258 g/mol. The van der Waals surface area contributed by atoms with Crippen LogP contribution in [0.5, 0.6) is 0 Å². The minimum atomic E-state index is -0.107. The van der Waals surface area contributed by atoms with Gasteiger partial charge in [0, 0.05) is 32.5 Å². The Morgan fingerprint density at radius 1 is 1.32 bits per heavy atom. The first-order valence-corrected chi connectivity index (χ1v) is 6.08. The van der Waals surface area contributed by atoms with Crippen molar-refractivity contribution in [3.63, 3.8) is 0 Å². The number of nitrogens with one attached hydrogen (secondary N) is 1. The van der Waals surface area contributed by atoms with E-state index in [-0.39, 0.29) is 5.91 Å². The minimum Gasteiger partial charge on any atom is -0.372 e. The van der Waals surface area contributed by atoms with Crippen LogP contribution in [0.25, 0.3) is 0 Å². The number of hydrogen-bond donors (Lipinski definition) is 1. The topological polar surface area (TPSA) is 75.9 Å². The number of rotatable bonds is 2. The van der Waals surface area contributed by atoms with Gasteiger partial charge in [0.25, 0.3) is 5.91 Å². The number of hydrogen-bond acceptors (Lipinski definition) is 5. The Hall–Kier alpha value is -2.44. The molecule has 98 valence electrons. The Labute approximate surface area is 110 Å². The van der Waals surface area contributed by atoms with Crippen molar-refractivity contribution in [1.82, 2.24) is 24.6 Å². The SMILES string of the molecule is CNc1ccc(C(=O)N2CCn3ccnc3C2)nn1. The van der Waals surface area contributed by atoms with E-state index in [2.05, 4.69) is 25.1 Å². The molecular weight excluding hydrogens is 244 g/mol. The van der Waals surface area contributed by atoms with Crippen molar-refractivity contribution in [1.29, 1.82) is 0 Å². The van der Waals surface area contributed by atoms with Crippen molar-refractivity contribution in [2.75, 3.05) is 18.9 Å². The molecule has 2 aromatic heterocycles. The summed E-state index contributed by atoms with van der Waals surface area (Å²) < 4.78 is 2.06. The average Bonchev–Trinajstić information content (AvgIpc) is 2.94. The molecule has 3 rings (SSSR count). The highest BCUT2D eigenvalue weighted by atomic mass is 16.2. The van der Waals surface area contributed by atoms with Crippen LogP contribution in [0.2, 0.25) is 0 Å². The van der Waals surface area contributed by atoms with Gasteiger partial charge in [0.2, 0.25) is 0 Å².